The topological polar surface area (TPSA) is 35.6 Å². The number of hydrogen-bond acceptors (Lipinski definition) is 2. The molecule has 4 heteroatoms. The summed E-state index contributed by atoms with van der Waals surface area (Å²) < 4.78 is 4.06. The minimum Gasteiger partial charge on any atom is -0.316 e. The summed E-state index contributed by atoms with van der Waals surface area (Å²) in [5, 5.41) is 4.58. The van der Waals surface area contributed by atoms with Crippen molar-refractivity contribution in [2.75, 3.05) is 0 Å². The van der Waals surface area contributed by atoms with Gasteiger partial charge in [-0.05, 0) is 25.8 Å². The number of hydrogen-bond donors (Lipinski definition) is 0. The summed E-state index contributed by atoms with van der Waals surface area (Å²) in [5.41, 5.74) is 2.35. The van der Waals surface area contributed by atoms with E-state index in [1.807, 2.05) is 17.1 Å². The molecule has 2 aromatic rings. The number of nitrogens with zero attached hydrogens (tertiary/aromatic N) is 4. The van der Waals surface area contributed by atoms with Gasteiger partial charge in [-0.15, -0.1) is 0 Å². The van der Waals surface area contributed by atoms with Crippen molar-refractivity contribution < 1.29 is 0 Å². The normalized spacial score (nSPS) is 10.9. The Labute approximate surface area is 95.9 Å². The molecule has 2 rings (SSSR count). The fourth-order valence-corrected chi connectivity index (χ4v) is 1.82. The Kier molecular flexibility index (Phi) is 3.08. The van der Waals surface area contributed by atoms with Crippen LogP contribution in [-0.2, 0) is 19.4 Å². The van der Waals surface area contributed by atoms with Crippen LogP contribution in [0.5, 0.6) is 0 Å². The fourth-order valence-electron chi connectivity index (χ4n) is 1.82. The van der Waals surface area contributed by atoms with Gasteiger partial charge in [-0.2, -0.15) is 5.10 Å². The van der Waals surface area contributed by atoms with Crippen LogP contribution in [0.4, 0.5) is 0 Å². The SMILES string of the molecule is CCc1cc(CC)n(-c2nccn2CC)n1. The summed E-state index contributed by atoms with van der Waals surface area (Å²) in [4.78, 5) is 4.38. The minimum atomic E-state index is 0.916. The molecule has 0 fully saturated rings. The first-order valence-corrected chi connectivity index (χ1v) is 5.89. The van der Waals surface area contributed by atoms with E-state index >= 15 is 0 Å². The van der Waals surface area contributed by atoms with Crippen molar-refractivity contribution >= 4 is 0 Å². The summed E-state index contributed by atoms with van der Waals surface area (Å²) in [6, 6.07) is 2.16. The molecule has 0 amide bonds. The van der Waals surface area contributed by atoms with Crippen LogP contribution in [0.25, 0.3) is 5.95 Å². The van der Waals surface area contributed by atoms with E-state index in [2.05, 4.69) is 41.5 Å². The van der Waals surface area contributed by atoms with Crippen LogP contribution in [0.15, 0.2) is 18.5 Å². The molecule has 86 valence electrons. The lowest BCUT2D eigenvalue weighted by Gasteiger charge is -2.06. The van der Waals surface area contributed by atoms with E-state index in [4.69, 9.17) is 0 Å². The first kappa shape index (κ1) is 10.9. The second-order valence-corrected chi connectivity index (χ2v) is 3.76. The maximum absolute atomic E-state index is 4.58. The highest BCUT2D eigenvalue weighted by atomic mass is 15.4. The van der Waals surface area contributed by atoms with Crippen molar-refractivity contribution in [2.24, 2.45) is 0 Å². The molecule has 0 N–H and O–H groups in total. The van der Waals surface area contributed by atoms with Crippen LogP contribution >= 0.6 is 0 Å². The highest BCUT2D eigenvalue weighted by Gasteiger charge is 2.11. The van der Waals surface area contributed by atoms with Crippen molar-refractivity contribution in [2.45, 2.75) is 40.2 Å². The van der Waals surface area contributed by atoms with Crippen LogP contribution in [-0.4, -0.2) is 19.3 Å². The Morgan fingerprint density at radius 2 is 2.00 bits per heavy atom. The van der Waals surface area contributed by atoms with Crippen molar-refractivity contribution in [3.05, 3.63) is 29.8 Å². The molecule has 4 nitrogen and oxygen atoms in total. The van der Waals surface area contributed by atoms with Gasteiger partial charge in [0.25, 0.3) is 0 Å². The zero-order valence-electron chi connectivity index (χ0n) is 10.1. The molecule has 0 aliphatic rings. The third-order valence-electron chi connectivity index (χ3n) is 2.78. The molecular formula is C12H18N4. The third kappa shape index (κ3) is 1.75. The first-order chi connectivity index (χ1) is 7.80. The molecule has 16 heavy (non-hydrogen) atoms. The Hall–Kier alpha value is -1.58. The number of imidazole rings is 1. The van der Waals surface area contributed by atoms with E-state index < -0.39 is 0 Å². The fraction of sp³-hybridized carbons (Fsp3) is 0.500. The standard InChI is InChI=1S/C12H18N4/c1-4-10-9-11(5-2)16(14-10)12-13-7-8-15(12)6-3/h7-9H,4-6H2,1-3H3. The quantitative estimate of drug-likeness (QED) is 0.788. The number of aromatic nitrogens is 4. The molecule has 2 heterocycles. The van der Waals surface area contributed by atoms with Crippen LogP contribution in [0.2, 0.25) is 0 Å². The molecule has 2 aromatic heterocycles. The lowest BCUT2D eigenvalue weighted by Crippen LogP contribution is -2.09. The Bertz CT molecular complexity index is 467. The van der Waals surface area contributed by atoms with E-state index in [1.54, 1.807) is 0 Å². The van der Waals surface area contributed by atoms with Crippen molar-refractivity contribution in [3.8, 4) is 5.95 Å². The smallest absolute Gasteiger partial charge is 0.230 e. The van der Waals surface area contributed by atoms with Gasteiger partial charge in [0.05, 0.1) is 5.69 Å². The highest BCUT2D eigenvalue weighted by molar-refractivity contribution is 5.21. The van der Waals surface area contributed by atoms with Gasteiger partial charge in [0.15, 0.2) is 0 Å². The molecule has 0 atom stereocenters. The monoisotopic (exact) mass is 218 g/mol. The molecule has 0 aliphatic heterocycles. The summed E-state index contributed by atoms with van der Waals surface area (Å²) in [5.74, 6) is 0.916. The van der Waals surface area contributed by atoms with E-state index in [1.165, 1.54) is 5.69 Å². The molecular weight excluding hydrogens is 200 g/mol. The van der Waals surface area contributed by atoms with Crippen LogP contribution in [0, 0.1) is 0 Å². The largest absolute Gasteiger partial charge is 0.316 e. The predicted molar refractivity (Wildman–Crippen MR) is 63.8 cm³/mol. The van der Waals surface area contributed by atoms with Crippen LogP contribution in [0.3, 0.4) is 0 Å². The summed E-state index contributed by atoms with van der Waals surface area (Å²) >= 11 is 0. The van der Waals surface area contributed by atoms with E-state index in [9.17, 15) is 0 Å². The van der Waals surface area contributed by atoms with Crippen LogP contribution in [0.1, 0.15) is 32.2 Å². The van der Waals surface area contributed by atoms with E-state index in [-0.39, 0.29) is 0 Å². The van der Waals surface area contributed by atoms with Crippen LogP contribution < -0.4 is 0 Å². The third-order valence-corrected chi connectivity index (χ3v) is 2.78. The van der Waals surface area contributed by atoms with Gasteiger partial charge in [0.2, 0.25) is 5.95 Å². The highest BCUT2D eigenvalue weighted by Crippen LogP contribution is 2.12. The molecule has 0 saturated carbocycles. The van der Waals surface area contributed by atoms with Crippen molar-refractivity contribution in [3.63, 3.8) is 0 Å². The Morgan fingerprint density at radius 3 is 2.62 bits per heavy atom. The van der Waals surface area contributed by atoms with Gasteiger partial charge in [-0.3, -0.25) is 0 Å². The molecule has 0 bridgehead atoms. The average molecular weight is 218 g/mol. The van der Waals surface area contributed by atoms with Crippen molar-refractivity contribution in [1.29, 1.82) is 0 Å². The molecule has 0 unspecified atom stereocenters. The lowest BCUT2D eigenvalue weighted by atomic mass is 10.3. The van der Waals surface area contributed by atoms with Crippen molar-refractivity contribution in [1.82, 2.24) is 19.3 Å². The molecule has 0 saturated heterocycles. The second-order valence-electron chi connectivity index (χ2n) is 3.76. The van der Waals surface area contributed by atoms with Gasteiger partial charge in [-0.1, -0.05) is 13.8 Å². The molecule has 0 radical (unpaired) electrons. The zero-order valence-corrected chi connectivity index (χ0v) is 10.1. The first-order valence-electron chi connectivity index (χ1n) is 5.89. The number of rotatable bonds is 4. The van der Waals surface area contributed by atoms with Gasteiger partial charge in [0.1, 0.15) is 0 Å². The van der Waals surface area contributed by atoms with Gasteiger partial charge in [-0.25, -0.2) is 9.67 Å². The summed E-state index contributed by atoms with van der Waals surface area (Å²) in [7, 11) is 0. The van der Waals surface area contributed by atoms with Gasteiger partial charge < -0.3 is 4.57 Å². The maximum atomic E-state index is 4.58. The van der Waals surface area contributed by atoms with Gasteiger partial charge >= 0.3 is 0 Å². The lowest BCUT2D eigenvalue weighted by molar-refractivity contribution is 0.663. The predicted octanol–water partition coefficient (Wildman–Crippen LogP) is 2.21. The second kappa shape index (κ2) is 4.51. The molecule has 0 spiro atoms. The zero-order chi connectivity index (χ0) is 11.5. The molecule has 0 aromatic carbocycles. The minimum absolute atomic E-state index is 0.916. The average Bonchev–Trinajstić information content (AvgIpc) is 2.93. The Morgan fingerprint density at radius 1 is 1.19 bits per heavy atom. The van der Waals surface area contributed by atoms with E-state index in [0.717, 1.165) is 31.0 Å². The number of aryl methyl sites for hydroxylation is 3. The maximum Gasteiger partial charge on any atom is 0.230 e. The molecule has 0 aliphatic carbocycles. The van der Waals surface area contributed by atoms with Gasteiger partial charge in [0, 0.05) is 24.6 Å². The summed E-state index contributed by atoms with van der Waals surface area (Å²) in [6.07, 6.45) is 5.75. The van der Waals surface area contributed by atoms with E-state index in [0.29, 0.717) is 0 Å². The summed E-state index contributed by atoms with van der Waals surface area (Å²) in [6.45, 7) is 7.30. The Balaban J connectivity index is 2.50.